The number of likely N-dealkylation sites (tertiary alicyclic amines) is 1. The molecule has 0 unspecified atom stereocenters. The summed E-state index contributed by atoms with van der Waals surface area (Å²) in [7, 11) is 0. The Morgan fingerprint density at radius 3 is 2.96 bits per heavy atom. The van der Waals surface area contributed by atoms with E-state index in [0.29, 0.717) is 26.3 Å². The maximum atomic E-state index is 13.7. The minimum atomic E-state index is -0.272. The number of hydrogen-bond donors (Lipinski definition) is 1. The first-order valence-corrected chi connectivity index (χ1v) is 8.94. The zero-order valence-electron chi connectivity index (χ0n) is 14.5. The van der Waals surface area contributed by atoms with Crippen molar-refractivity contribution in [2.75, 3.05) is 32.8 Å². The van der Waals surface area contributed by atoms with Gasteiger partial charge in [-0.2, -0.15) is 0 Å². The molecule has 1 atom stereocenters. The monoisotopic (exact) mass is 344 g/mol. The summed E-state index contributed by atoms with van der Waals surface area (Å²) >= 11 is 0. The molecule has 1 N–H and O–H groups in total. The van der Waals surface area contributed by atoms with E-state index in [-0.39, 0.29) is 23.2 Å². The smallest absolute Gasteiger partial charge is 0.237 e. The van der Waals surface area contributed by atoms with E-state index in [0.717, 1.165) is 37.8 Å². The molecule has 2 aliphatic rings. The number of nitrogens with one attached hydrogen (secondary N) is 1. The fourth-order valence-corrected chi connectivity index (χ4v) is 3.95. The Hall–Kier alpha value is -1.90. The molecule has 1 aromatic carbocycles. The molecule has 4 nitrogen and oxygen atoms in total. The van der Waals surface area contributed by atoms with E-state index < -0.39 is 0 Å². The maximum Gasteiger partial charge on any atom is 0.237 e. The molecule has 0 spiro atoms. The van der Waals surface area contributed by atoms with Crippen LogP contribution in [0.5, 0.6) is 0 Å². The predicted octanol–water partition coefficient (Wildman–Crippen LogP) is 2.09. The summed E-state index contributed by atoms with van der Waals surface area (Å²) < 4.78 is 19.2. The van der Waals surface area contributed by atoms with Crippen molar-refractivity contribution in [3.05, 3.63) is 35.6 Å². The van der Waals surface area contributed by atoms with Gasteiger partial charge in [0.15, 0.2) is 0 Å². The third kappa shape index (κ3) is 4.02. The Labute approximate surface area is 148 Å². The number of carbonyl (C=O) groups excluding carboxylic acids is 1. The first-order valence-electron chi connectivity index (χ1n) is 8.94. The quantitative estimate of drug-likeness (QED) is 0.832. The van der Waals surface area contributed by atoms with Crippen LogP contribution >= 0.6 is 0 Å². The molecular weight excluding hydrogens is 319 g/mol. The van der Waals surface area contributed by atoms with Gasteiger partial charge in [0.25, 0.3) is 0 Å². The third-order valence-electron chi connectivity index (χ3n) is 5.45. The number of halogens is 1. The van der Waals surface area contributed by atoms with Crippen LogP contribution in [-0.4, -0.2) is 49.7 Å². The molecule has 3 rings (SSSR count). The molecular formula is C20H25FN2O2. The first-order chi connectivity index (χ1) is 12.1. The zero-order chi connectivity index (χ0) is 17.7. The number of terminal acetylenes is 1. The van der Waals surface area contributed by atoms with Gasteiger partial charge in [-0.25, -0.2) is 4.39 Å². The second-order valence-electron chi connectivity index (χ2n) is 6.95. The van der Waals surface area contributed by atoms with Gasteiger partial charge in [-0.3, -0.25) is 9.69 Å². The summed E-state index contributed by atoms with van der Waals surface area (Å²) in [5, 5.41) is 3.11. The lowest BCUT2D eigenvalue weighted by Crippen LogP contribution is -2.49. The van der Waals surface area contributed by atoms with Gasteiger partial charge in [-0.15, -0.1) is 6.42 Å². The lowest BCUT2D eigenvalue weighted by atomic mass is 9.74. The normalized spacial score (nSPS) is 23.1. The highest BCUT2D eigenvalue weighted by Crippen LogP contribution is 2.34. The van der Waals surface area contributed by atoms with Crippen LogP contribution in [0.1, 0.15) is 31.2 Å². The molecule has 1 aromatic rings. The number of nitrogens with zero attached hydrogens (tertiary/aromatic N) is 1. The average molecular weight is 344 g/mol. The molecule has 2 saturated heterocycles. The summed E-state index contributed by atoms with van der Waals surface area (Å²) in [5.74, 6) is 2.41. The van der Waals surface area contributed by atoms with Gasteiger partial charge in [-0.05, 0) is 49.9 Å². The molecule has 2 aliphatic heterocycles. The van der Waals surface area contributed by atoms with Crippen LogP contribution in [-0.2, 0) is 14.9 Å². The van der Waals surface area contributed by atoms with Crippen LogP contribution in [0.2, 0.25) is 0 Å². The SMILES string of the molecule is C#CCN1CCC[C@@H]1C(=O)NCC1(c2cccc(F)c2)CCOCC1. The van der Waals surface area contributed by atoms with E-state index in [4.69, 9.17) is 11.2 Å². The summed E-state index contributed by atoms with van der Waals surface area (Å²) in [5.41, 5.74) is 0.661. The van der Waals surface area contributed by atoms with E-state index in [1.165, 1.54) is 6.07 Å². The molecule has 134 valence electrons. The second-order valence-corrected chi connectivity index (χ2v) is 6.95. The standard InChI is InChI=1S/C20H25FN2O2/c1-2-10-23-11-4-7-18(23)19(24)22-15-20(8-12-25-13-9-20)16-5-3-6-17(21)14-16/h1,3,5-6,14,18H,4,7-13,15H2,(H,22,24)/t18-/m1/s1. The van der Waals surface area contributed by atoms with E-state index in [1.54, 1.807) is 12.1 Å². The minimum absolute atomic E-state index is 0.0232. The van der Waals surface area contributed by atoms with E-state index >= 15 is 0 Å². The third-order valence-corrected chi connectivity index (χ3v) is 5.45. The van der Waals surface area contributed by atoms with Crippen LogP contribution in [0.25, 0.3) is 0 Å². The van der Waals surface area contributed by atoms with Gasteiger partial charge < -0.3 is 10.1 Å². The molecule has 25 heavy (non-hydrogen) atoms. The topological polar surface area (TPSA) is 41.6 Å². The number of carbonyl (C=O) groups is 1. The zero-order valence-corrected chi connectivity index (χ0v) is 14.5. The van der Waals surface area contributed by atoms with E-state index in [9.17, 15) is 9.18 Å². The van der Waals surface area contributed by atoms with E-state index in [2.05, 4.69) is 11.2 Å². The Balaban J connectivity index is 1.71. The van der Waals surface area contributed by atoms with Crippen molar-refractivity contribution in [3.63, 3.8) is 0 Å². The van der Waals surface area contributed by atoms with Crippen LogP contribution in [0.4, 0.5) is 4.39 Å². The summed E-state index contributed by atoms with van der Waals surface area (Å²) in [6.45, 7) is 3.11. The summed E-state index contributed by atoms with van der Waals surface area (Å²) in [6, 6.07) is 6.56. The summed E-state index contributed by atoms with van der Waals surface area (Å²) in [6.07, 6.45) is 8.77. The Morgan fingerprint density at radius 1 is 1.44 bits per heavy atom. The molecule has 2 fully saturated rings. The molecule has 5 heteroatoms. The number of benzene rings is 1. The van der Waals surface area contributed by atoms with Crippen molar-refractivity contribution in [1.29, 1.82) is 0 Å². The van der Waals surface area contributed by atoms with Crippen molar-refractivity contribution >= 4 is 5.91 Å². The van der Waals surface area contributed by atoms with Crippen LogP contribution < -0.4 is 5.32 Å². The average Bonchev–Trinajstić information content (AvgIpc) is 3.09. The summed E-state index contributed by atoms with van der Waals surface area (Å²) in [4.78, 5) is 14.7. The fraction of sp³-hybridized carbons (Fsp3) is 0.550. The minimum Gasteiger partial charge on any atom is -0.381 e. The predicted molar refractivity (Wildman–Crippen MR) is 94.6 cm³/mol. The number of hydrogen-bond acceptors (Lipinski definition) is 3. The Morgan fingerprint density at radius 2 is 2.24 bits per heavy atom. The molecule has 0 radical (unpaired) electrons. The molecule has 1 amide bonds. The molecule has 0 saturated carbocycles. The van der Waals surface area contributed by atoms with Gasteiger partial charge in [0.2, 0.25) is 5.91 Å². The van der Waals surface area contributed by atoms with Gasteiger partial charge in [0.05, 0.1) is 12.6 Å². The van der Waals surface area contributed by atoms with Crippen LogP contribution in [0.3, 0.4) is 0 Å². The van der Waals surface area contributed by atoms with E-state index in [1.807, 2.05) is 11.0 Å². The molecule has 2 heterocycles. The van der Waals surface area contributed by atoms with Crippen molar-refractivity contribution in [2.24, 2.45) is 0 Å². The Kier molecular flexibility index (Phi) is 5.72. The van der Waals surface area contributed by atoms with Gasteiger partial charge in [0, 0.05) is 25.2 Å². The highest BCUT2D eigenvalue weighted by molar-refractivity contribution is 5.82. The van der Waals surface area contributed by atoms with Crippen molar-refractivity contribution < 1.29 is 13.9 Å². The van der Waals surface area contributed by atoms with Crippen molar-refractivity contribution in [2.45, 2.75) is 37.1 Å². The fourth-order valence-electron chi connectivity index (χ4n) is 3.95. The Bertz CT molecular complexity index is 649. The lowest BCUT2D eigenvalue weighted by Gasteiger charge is -2.38. The molecule has 0 aliphatic carbocycles. The lowest BCUT2D eigenvalue weighted by molar-refractivity contribution is -0.125. The largest absolute Gasteiger partial charge is 0.381 e. The number of amides is 1. The van der Waals surface area contributed by atoms with Crippen molar-refractivity contribution in [1.82, 2.24) is 10.2 Å². The van der Waals surface area contributed by atoms with Gasteiger partial charge >= 0.3 is 0 Å². The molecule has 0 aromatic heterocycles. The second kappa shape index (κ2) is 7.99. The highest BCUT2D eigenvalue weighted by Gasteiger charge is 2.37. The van der Waals surface area contributed by atoms with Gasteiger partial charge in [0.1, 0.15) is 5.82 Å². The van der Waals surface area contributed by atoms with Crippen LogP contribution in [0.15, 0.2) is 24.3 Å². The highest BCUT2D eigenvalue weighted by atomic mass is 19.1. The first kappa shape index (κ1) is 17.9. The maximum absolute atomic E-state index is 13.7. The number of rotatable bonds is 5. The number of ether oxygens (including phenoxy) is 1. The van der Waals surface area contributed by atoms with Gasteiger partial charge in [-0.1, -0.05) is 18.1 Å². The molecule has 0 bridgehead atoms. The van der Waals surface area contributed by atoms with Crippen LogP contribution in [0, 0.1) is 18.2 Å². The van der Waals surface area contributed by atoms with Crippen molar-refractivity contribution in [3.8, 4) is 12.3 Å².